The molecule has 0 bridgehead atoms. The van der Waals surface area contributed by atoms with E-state index < -0.39 is 5.79 Å². The quantitative estimate of drug-likeness (QED) is 0.602. The Hall–Kier alpha value is -3.04. The number of imidazole rings is 1. The van der Waals surface area contributed by atoms with Gasteiger partial charge in [0.05, 0.1) is 12.9 Å². The minimum atomic E-state index is -0.878. The van der Waals surface area contributed by atoms with Crippen LogP contribution in [0.2, 0.25) is 0 Å². The van der Waals surface area contributed by atoms with Crippen LogP contribution in [0.15, 0.2) is 43.0 Å². The lowest BCUT2D eigenvalue weighted by atomic mass is 10.0. The molecule has 4 rings (SSSR count). The maximum atomic E-state index is 11.1. The van der Waals surface area contributed by atoms with Gasteiger partial charge in [0.1, 0.15) is 24.6 Å². The number of ether oxygens (including phenoxy) is 3. The van der Waals surface area contributed by atoms with Gasteiger partial charge in [0, 0.05) is 25.5 Å². The molecule has 3 aromatic rings. The van der Waals surface area contributed by atoms with E-state index in [0.717, 1.165) is 12.0 Å². The molecule has 2 unspecified atom stereocenters. The number of nitrogens with zero attached hydrogens (tertiary/aromatic N) is 4. The topological polar surface area (TPSA) is 114 Å². The van der Waals surface area contributed by atoms with Gasteiger partial charge < -0.3 is 24.5 Å². The summed E-state index contributed by atoms with van der Waals surface area (Å²) in [5, 5.41) is 0. The Kier molecular flexibility index (Phi) is 5.41. The summed E-state index contributed by atoms with van der Waals surface area (Å²) in [5.41, 5.74) is 8.09. The first-order valence-electron chi connectivity index (χ1n) is 9.49. The van der Waals surface area contributed by atoms with Crippen molar-refractivity contribution < 1.29 is 19.0 Å². The SMILES string of the molecule is CC(=O)OCC1COC(CCCn2cnc3c(N)ncnc32)(c2ccccc2)O1. The van der Waals surface area contributed by atoms with Gasteiger partial charge in [0.15, 0.2) is 17.3 Å². The van der Waals surface area contributed by atoms with Gasteiger partial charge in [-0.25, -0.2) is 15.0 Å². The summed E-state index contributed by atoms with van der Waals surface area (Å²) in [4.78, 5) is 23.7. The predicted molar refractivity (Wildman–Crippen MR) is 105 cm³/mol. The maximum absolute atomic E-state index is 11.1. The molecular weight excluding hydrogens is 374 g/mol. The fourth-order valence-corrected chi connectivity index (χ4v) is 3.52. The molecule has 1 aliphatic rings. The molecule has 3 heterocycles. The number of esters is 1. The molecule has 0 amide bonds. The summed E-state index contributed by atoms with van der Waals surface area (Å²) in [7, 11) is 0. The third-order valence-electron chi connectivity index (χ3n) is 4.88. The summed E-state index contributed by atoms with van der Waals surface area (Å²) < 4.78 is 19.4. The van der Waals surface area contributed by atoms with Crippen LogP contribution in [-0.2, 0) is 31.3 Å². The first kappa shape index (κ1) is 19.3. The van der Waals surface area contributed by atoms with Crippen LogP contribution < -0.4 is 5.73 Å². The van der Waals surface area contributed by atoms with Crippen LogP contribution in [0, 0.1) is 0 Å². The molecule has 152 valence electrons. The molecule has 9 heteroatoms. The monoisotopic (exact) mass is 397 g/mol. The first-order chi connectivity index (χ1) is 14.1. The highest BCUT2D eigenvalue weighted by molar-refractivity contribution is 5.81. The number of nitrogen functional groups attached to an aromatic ring is 1. The highest BCUT2D eigenvalue weighted by atomic mass is 16.8. The van der Waals surface area contributed by atoms with E-state index in [1.807, 2.05) is 34.9 Å². The van der Waals surface area contributed by atoms with Crippen LogP contribution in [0.1, 0.15) is 25.3 Å². The van der Waals surface area contributed by atoms with E-state index in [1.165, 1.54) is 13.3 Å². The highest BCUT2D eigenvalue weighted by Gasteiger charge is 2.43. The van der Waals surface area contributed by atoms with E-state index in [2.05, 4.69) is 15.0 Å². The number of fused-ring (bicyclic) bond motifs is 1. The van der Waals surface area contributed by atoms with E-state index in [9.17, 15) is 4.79 Å². The van der Waals surface area contributed by atoms with E-state index in [1.54, 1.807) is 6.33 Å². The molecule has 29 heavy (non-hydrogen) atoms. The predicted octanol–water partition coefficient (Wildman–Crippen LogP) is 2.02. The summed E-state index contributed by atoms with van der Waals surface area (Å²) in [5.74, 6) is -0.847. The standard InChI is InChI=1S/C20H23N5O4/c1-14(26)27-10-16-11-28-20(29-16,15-6-3-2-4-7-15)8-5-9-25-13-24-17-18(21)22-12-23-19(17)25/h2-4,6-7,12-13,16H,5,8-11H2,1H3,(H2,21,22,23). The lowest BCUT2D eigenvalue weighted by Crippen LogP contribution is -2.30. The smallest absolute Gasteiger partial charge is 0.302 e. The first-order valence-corrected chi connectivity index (χ1v) is 9.49. The number of anilines is 1. The Balaban J connectivity index is 1.48. The molecule has 0 aliphatic carbocycles. The summed E-state index contributed by atoms with van der Waals surface area (Å²) >= 11 is 0. The van der Waals surface area contributed by atoms with Gasteiger partial charge in [-0.3, -0.25) is 4.79 Å². The molecule has 0 radical (unpaired) electrons. The van der Waals surface area contributed by atoms with Crippen molar-refractivity contribution in [2.45, 2.75) is 38.2 Å². The molecule has 1 fully saturated rings. The minimum Gasteiger partial charge on any atom is -0.463 e. The molecule has 2 aromatic heterocycles. The van der Waals surface area contributed by atoms with Crippen molar-refractivity contribution in [3.05, 3.63) is 48.5 Å². The number of aryl methyl sites for hydroxylation is 1. The normalized spacial score (nSPS) is 21.5. The number of nitrogens with two attached hydrogens (primary N) is 1. The van der Waals surface area contributed by atoms with E-state index in [-0.39, 0.29) is 18.7 Å². The molecule has 1 saturated heterocycles. The van der Waals surface area contributed by atoms with Crippen molar-refractivity contribution >= 4 is 23.0 Å². The number of hydrogen-bond donors (Lipinski definition) is 1. The van der Waals surface area contributed by atoms with E-state index in [0.29, 0.717) is 36.6 Å². The third-order valence-corrected chi connectivity index (χ3v) is 4.88. The summed E-state index contributed by atoms with van der Waals surface area (Å²) in [6.45, 7) is 2.58. The van der Waals surface area contributed by atoms with Gasteiger partial charge in [-0.05, 0) is 6.42 Å². The molecule has 9 nitrogen and oxygen atoms in total. The molecule has 2 N–H and O–H groups in total. The Labute approximate surface area is 167 Å². The van der Waals surface area contributed by atoms with Crippen LogP contribution >= 0.6 is 0 Å². The number of hydrogen-bond acceptors (Lipinski definition) is 8. The lowest BCUT2D eigenvalue weighted by Gasteiger charge is -2.29. The van der Waals surface area contributed by atoms with Crippen LogP contribution in [0.3, 0.4) is 0 Å². The number of rotatable bonds is 7. The molecule has 0 spiro atoms. The Morgan fingerprint density at radius 3 is 2.93 bits per heavy atom. The van der Waals surface area contributed by atoms with Crippen molar-refractivity contribution in [2.24, 2.45) is 0 Å². The van der Waals surface area contributed by atoms with Gasteiger partial charge >= 0.3 is 5.97 Å². The van der Waals surface area contributed by atoms with Crippen LogP contribution in [0.4, 0.5) is 5.82 Å². The molecular formula is C20H23N5O4. The average Bonchev–Trinajstić information content (AvgIpc) is 3.33. The second-order valence-corrected chi connectivity index (χ2v) is 6.95. The van der Waals surface area contributed by atoms with Crippen LogP contribution in [-0.4, -0.2) is 44.8 Å². The molecule has 0 saturated carbocycles. The molecule has 1 aliphatic heterocycles. The van der Waals surface area contributed by atoms with E-state index >= 15 is 0 Å². The highest BCUT2D eigenvalue weighted by Crippen LogP contribution is 2.38. The van der Waals surface area contributed by atoms with Gasteiger partial charge in [0.25, 0.3) is 0 Å². The molecule has 2 atom stereocenters. The van der Waals surface area contributed by atoms with E-state index in [4.69, 9.17) is 19.9 Å². The van der Waals surface area contributed by atoms with Gasteiger partial charge in [-0.1, -0.05) is 30.3 Å². The fourth-order valence-electron chi connectivity index (χ4n) is 3.52. The summed E-state index contributed by atoms with van der Waals surface area (Å²) in [6, 6.07) is 9.81. The number of carbonyl (C=O) groups is 1. The zero-order chi connectivity index (χ0) is 20.3. The second kappa shape index (κ2) is 8.14. The largest absolute Gasteiger partial charge is 0.463 e. The number of aromatic nitrogens is 4. The van der Waals surface area contributed by atoms with Crippen LogP contribution in [0.5, 0.6) is 0 Å². The fraction of sp³-hybridized carbons (Fsp3) is 0.400. The Morgan fingerprint density at radius 2 is 2.14 bits per heavy atom. The van der Waals surface area contributed by atoms with Crippen molar-refractivity contribution in [3.8, 4) is 0 Å². The summed E-state index contributed by atoms with van der Waals surface area (Å²) in [6.07, 6.45) is 4.22. The van der Waals surface area contributed by atoms with Gasteiger partial charge in [0.2, 0.25) is 0 Å². The average molecular weight is 397 g/mol. The second-order valence-electron chi connectivity index (χ2n) is 6.95. The van der Waals surface area contributed by atoms with Gasteiger partial charge in [-0.15, -0.1) is 0 Å². The van der Waals surface area contributed by atoms with Crippen molar-refractivity contribution in [2.75, 3.05) is 18.9 Å². The van der Waals surface area contributed by atoms with Crippen molar-refractivity contribution in [1.29, 1.82) is 0 Å². The zero-order valence-electron chi connectivity index (χ0n) is 16.2. The van der Waals surface area contributed by atoms with Crippen molar-refractivity contribution in [1.82, 2.24) is 19.5 Å². The van der Waals surface area contributed by atoms with Gasteiger partial charge in [-0.2, -0.15) is 0 Å². The number of carbonyl (C=O) groups excluding carboxylic acids is 1. The number of benzene rings is 1. The zero-order valence-corrected chi connectivity index (χ0v) is 16.2. The van der Waals surface area contributed by atoms with Crippen LogP contribution in [0.25, 0.3) is 11.2 Å². The third kappa shape index (κ3) is 4.06. The Morgan fingerprint density at radius 1 is 1.31 bits per heavy atom. The minimum absolute atomic E-state index is 0.173. The lowest BCUT2D eigenvalue weighted by molar-refractivity contribution is -0.189. The maximum Gasteiger partial charge on any atom is 0.302 e. The molecule has 1 aromatic carbocycles. The van der Waals surface area contributed by atoms with Crippen molar-refractivity contribution in [3.63, 3.8) is 0 Å². The Bertz CT molecular complexity index is 993.